The van der Waals surface area contributed by atoms with Gasteiger partial charge in [0, 0.05) is 6.07 Å². The third kappa shape index (κ3) is 2.70. The van der Waals surface area contributed by atoms with E-state index in [4.69, 9.17) is 4.74 Å². The Morgan fingerprint density at radius 1 is 1.47 bits per heavy atom. The van der Waals surface area contributed by atoms with Gasteiger partial charge in [0.15, 0.2) is 6.10 Å². The van der Waals surface area contributed by atoms with Crippen molar-refractivity contribution in [1.82, 2.24) is 0 Å². The molecule has 0 radical (unpaired) electrons. The maximum Gasteiger partial charge on any atom is 0.339 e. The third-order valence-corrected chi connectivity index (χ3v) is 2.15. The second kappa shape index (κ2) is 5.26. The van der Waals surface area contributed by atoms with E-state index in [1.807, 2.05) is 0 Å². The van der Waals surface area contributed by atoms with Crippen LogP contribution < -0.4 is 4.74 Å². The van der Waals surface area contributed by atoms with E-state index in [9.17, 15) is 20.0 Å². The molecule has 17 heavy (non-hydrogen) atoms. The number of nitro benzene ring substituents is 1. The van der Waals surface area contributed by atoms with E-state index in [-0.39, 0.29) is 11.3 Å². The number of nitro groups is 1. The standard InChI is InChI=1S/C10H11NO6/c1-16-6-3-4-8(11(14)15)7(5-6)9(12)10(13)17-2/h3-5,9,12H,1-2H3. The van der Waals surface area contributed by atoms with Crippen LogP contribution >= 0.6 is 0 Å². The van der Waals surface area contributed by atoms with E-state index < -0.39 is 17.0 Å². The normalized spacial score (nSPS) is 11.7. The van der Waals surface area contributed by atoms with Gasteiger partial charge in [-0.3, -0.25) is 10.1 Å². The Balaban J connectivity index is 3.26. The first-order chi connectivity index (χ1) is 8.01. The fourth-order valence-corrected chi connectivity index (χ4v) is 1.28. The summed E-state index contributed by atoms with van der Waals surface area (Å²) in [5.41, 5.74) is -0.537. The Labute approximate surface area is 96.7 Å². The van der Waals surface area contributed by atoms with Gasteiger partial charge in [0.1, 0.15) is 5.75 Å². The maximum atomic E-state index is 11.2. The molecule has 0 spiro atoms. The van der Waals surface area contributed by atoms with Crippen LogP contribution in [0.2, 0.25) is 0 Å². The van der Waals surface area contributed by atoms with Crippen LogP contribution in [0.3, 0.4) is 0 Å². The van der Waals surface area contributed by atoms with E-state index >= 15 is 0 Å². The summed E-state index contributed by atoms with van der Waals surface area (Å²) in [6.07, 6.45) is -1.71. The average molecular weight is 241 g/mol. The molecule has 1 atom stereocenters. The number of ether oxygens (including phenoxy) is 2. The highest BCUT2D eigenvalue weighted by Gasteiger charge is 2.27. The number of carbonyl (C=O) groups excluding carboxylic acids is 1. The zero-order valence-corrected chi connectivity index (χ0v) is 9.25. The first-order valence-corrected chi connectivity index (χ1v) is 4.59. The highest BCUT2D eigenvalue weighted by Crippen LogP contribution is 2.29. The lowest BCUT2D eigenvalue weighted by atomic mass is 10.1. The molecule has 0 saturated heterocycles. The molecule has 0 aliphatic rings. The molecular weight excluding hydrogens is 230 g/mol. The lowest BCUT2D eigenvalue weighted by molar-refractivity contribution is -0.386. The summed E-state index contributed by atoms with van der Waals surface area (Å²) in [6.45, 7) is 0. The summed E-state index contributed by atoms with van der Waals surface area (Å²) < 4.78 is 9.19. The number of carbonyl (C=O) groups is 1. The van der Waals surface area contributed by atoms with Crippen molar-refractivity contribution in [1.29, 1.82) is 0 Å². The molecule has 0 heterocycles. The highest BCUT2D eigenvalue weighted by atomic mass is 16.6. The lowest BCUT2D eigenvalue weighted by Crippen LogP contribution is -2.15. The lowest BCUT2D eigenvalue weighted by Gasteiger charge is -2.10. The van der Waals surface area contributed by atoms with Crippen molar-refractivity contribution < 1.29 is 24.3 Å². The molecule has 0 amide bonds. The number of methoxy groups -OCH3 is 2. The zero-order valence-electron chi connectivity index (χ0n) is 9.25. The smallest absolute Gasteiger partial charge is 0.339 e. The van der Waals surface area contributed by atoms with E-state index in [2.05, 4.69) is 4.74 Å². The molecule has 1 aromatic carbocycles. The SMILES string of the molecule is COC(=O)C(O)c1cc(OC)ccc1[N+](=O)[O-]. The van der Waals surface area contributed by atoms with E-state index in [1.54, 1.807) is 0 Å². The Morgan fingerprint density at radius 3 is 2.59 bits per heavy atom. The summed E-state index contributed by atoms with van der Waals surface area (Å²) in [5, 5.41) is 20.3. The van der Waals surface area contributed by atoms with Gasteiger partial charge in [-0.25, -0.2) is 4.79 Å². The molecule has 0 aliphatic heterocycles. The molecule has 1 aromatic rings. The number of hydrogen-bond acceptors (Lipinski definition) is 6. The van der Waals surface area contributed by atoms with Gasteiger partial charge < -0.3 is 14.6 Å². The summed E-state index contributed by atoms with van der Waals surface area (Å²) in [5.74, 6) is -0.671. The van der Waals surface area contributed by atoms with E-state index in [1.165, 1.54) is 19.2 Å². The number of rotatable bonds is 4. The van der Waals surface area contributed by atoms with Crippen molar-refractivity contribution in [2.45, 2.75) is 6.10 Å². The minimum atomic E-state index is -1.71. The summed E-state index contributed by atoms with van der Waals surface area (Å²) >= 11 is 0. The molecule has 0 fully saturated rings. The van der Waals surface area contributed by atoms with Crippen LogP contribution in [0.5, 0.6) is 5.75 Å². The van der Waals surface area contributed by atoms with Gasteiger partial charge in [0.05, 0.1) is 24.7 Å². The number of benzene rings is 1. The topological polar surface area (TPSA) is 98.9 Å². The van der Waals surface area contributed by atoms with E-state index in [0.29, 0.717) is 5.75 Å². The van der Waals surface area contributed by atoms with Gasteiger partial charge in [-0.2, -0.15) is 0 Å². The Hall–Kier alpha value is -2.15. The zero-order chi connectivity index (χ0) is 13.0. The molecule has 0 aromatic heterocycles. The number of aliphatic hydroxyl groups excluding tert-OH is 1. The summed E-state index contributed by atoms with van der Waals surface area (Å²) in [6, 6.07) is 3.74. The van der Waals surface area contributed by atoms with Crippen molar-refractivity contribution in [2.24, 2.45) is 0 Å². The largest absolute Gasteiger partial charge is 0.497 e. The first-order valence-electron chi connectivity index (χ1n) is 4.59. The molecule has 1 N–H and O–H groups in total. The number of esters is 1. The van der Waals surface area contributed by atoms with Gasteiger partial charge in [0.2, 0.25) is 0 Å². The van der Waals surface area contributed by atoms with Gasteiger partial charge in [-0.15, -0.1) is 0 Å². The Morgan fingerprint density at radius 2 is 2.12 bits per heavy atom. The number of nitrogens with zero attached hydrogens (tertiary/aromatic N) is 1. The Kier molecular flexibility index (Phi) is 4.00. The first kappa shape index (κ1) is 12.9. The van der Waals surface area contributed by atoms with Gasteiger partial charge in [-0.1, -0.05) is 0 Å². The number of hydrogen-bond donors (Lipinski definition) is 1. The van der Waals surface area contributed by atoms with Crippen LogP contribution in [0, 0.1) is 10.1 Å². The predicted molar refractivity (Wildman–Crippen MR) is 56.6 cm³/mol. The van der Waals surface area contributed by atoms with Crippen LogP contribution in [-0.4, -0.2) is 30.2 Å². The minimum Gasteiger partial charge on any atom is -0.497 e. The van der Waals surface area contributed by atoms with Gasteiger partial charge in [-0.05, 0) is 12.1 Å². The monoisotopic (exact) mass is 241 g/mol. The minimum absolute atomic E-state index is 0.166. The van der Waals surface area contributed by atoms with Gasteiger partial charge >= 0.3 is 5.97 Å². The van der Waals surface area contributed by atoms with Crippen LogP contribution in [-0.2, 0) is 9.53 Å². The molecule has 0 saturated carbocycles. The molecule has 7 heteroatoms. The van der Waals surface area contributed by atoms with Crippen LogP contribution in [0.15, 0.2) is 18.2 Å². The summed E-state index contributed by atoms with van der Waals surface area (Å²) in [7, 11) is 2.45. The van der Waals surface area contributed by atoms with E-state index in [0.717, 1.165) is 13.2 Å². The predicted octanol–water partition coefficient (Wildman–Crippen LogP) is 0.810. The van der Waals surface area contributed by atoms with Crippen molar-refractivity contribution in [2.75, 3.05) is 14.2 Å². The van der Waals surface area contributed by atoms with Crippen molar-refractivity contribution in [3.05, 3.63) is 33.9 Å². The van der Waals surface area contributed by atoms with Crippen molar-refractivity contribution in [3.63, 3.8) is 0 Å². The summed E-state index contributed by atoms with van der Waals surface area (Å²) in [4.78, 5) is 21.2. The highest BCUT2D eigenvalue weighted by molar-refractivity contribution is 5.78. The fourth-order valence-electron chi connectivity index (χ4n) is 1.28. The second-order valence-electron chi connectivity index (χ2n) is 3.11. The van der Waals surface area contributed by atoms with Crippen LogP contribution in [0.4, 0.5) is 5.69 Å². The fraction of sp³-hybridized carbons (Fsp3) is 0.300. The molecule has 92 valence electrons. The van der Waals surface area contributed by atoms with Gasteiger partial charge in [0.25, 0.3) is 5.69 Å². The maximum absolute atomic E-state index is 11.2. The van der Waals surface area contributed by atoms with Crippen molar-refractivity contribution in [3.8, 4) is 5.75 Å². The van der Waals surface area contributed by atoms with Crippen LogP contribution in [0.1, 0.15) is 11.7 Å². The third-order valence-electron chi connectivity index (χ3n) is 2.15. The number of aliphatic hydroxyl groups is 1. The quantitative estimate of drug-likeness (QED) is 0.475. The molecule has 1 unspecified atom stereocenters. The molecular formula is C10H11NO6. The molecule has 0 bridgehead atoms. The van der Waals surface area contributed by atoms with Crippen LogP contribution in [0.25, 0.3) is 0 Å². The second-order valence-corrected chi connectivity index (χ2v) is 3.11. The molecule has 1 rings (SSSR count). The van der Waals surface area contributed by atoms with Crippen molar-refractivity contribution >= 4 is 11.7 Å². The Bertz CT molecular complexity index is 444. The molecule has 7 nitrogen and oxygen atoms in total. The molecule has 0 aliphatic carbocycles. The average Bonchev–Trinajstić information content (AvgIpc) is 2.35.